The fourth-order valence-corrected chi connectivity index (χ4v) is 6.37. The molecular weight excluding hydrogens is 506 g/mol. The molecule has 2 aromatic carbocycles. The minimum Gasteiger partial charge on any atom is -0.497 e. The summed E-state index contributed by atoms with van der Waals surface area (Å²) in [6, 6.07) is 16.2. The average molecular weight is 560 g/mol. The summed E-state index contributed by atoms with van der Waals surface area (Å²) in [5, 5.41) is 0. The maximum Gasteiger partial charge on any atom is 0.227 e. The van der Waals surface area contributed by atoms with Crippen molar-refractivity contribution in [1.29, 1.82) is 0 Å². The van der Waals surface area contributed by atoms with Gasteiger partial charge in [0.2, 0.25) is 5.91 Å². The molecule has 1 unspecified atom stereocenters. The third kappa shape index (κ3) is 9.34. The zero-order chi connectivity index (χ0) is 28.7. The molecule has 0 saturated carbocycles. The molecule has 1 saturated heterocycles. The predicted molar refractivity (Wildman–Crippen MR) is 172 cm³/mol. The van der Waals surface area contributed by atoms with Crippen molar-refractivity contribution in [3.63, 3.8) is 0 Å². The second kappa shape index (κ2) is 17.2. The van der Waals surface area contributed by atoms with Crippen molar-refractivity contribution in [3.8, 4) is 5.75 Å². The highest BCUT2D eigenvalue weighted by Crippen LogP contribution is 2.34. The number of hydrogen-bond donors (Lipinski definition) is 0. The van der Waals surface area contributed by atoms with E-state index in [1.807, 2.05) is 29.2 Å². The van der Waals surface area contributed by atoms with Gasteiger partial charge < -0.3 is 14.2 Å². The van der Waals surface area contributed by atoms with E-state index in [4.69, 9.17) is 9.72 Å². The molecule has 0 spiro atoms. The van der Waals surface area contributed by atoms with Crippen LogP contribution in [0.4, 0.5) is 5.69 Å². The number of unbranched alkanes of at least 4 members (excludes halogenated alkanes) is 15. The number of fused-ring (bicyclic) bond motifs is 1. The summed E-state index contributed by atoms with van der Waals surface area (Å²) < 4.78 is 7.78. The monoisotopic (exact) mass is 559 g/mol. The number of ether oxygens (including phenoxy) is 1. The smallest absolute Gasteiger partial charge is 0.227 e. The van der Waals surface area contributed by atoms with Gasteiger partial charge in [-0.3, -0.25) is 4.79 Å². The molecule has 0 aliphatic carbocycles. The average Bonchev–Trinajstić information content (AvgIpc) is 3.57. The van der Waals surface area contributed by atoms with Crippen molar-refractivity contribution in [2.75, 3.05) is 18.6 Å². The van der Waals surface area contributed by atoms with Gasteiger partial charge in [0.25, 0.3) is 0 Å². The molecule has 5 nitrogen and oxygen atoms in total. The van der Waals surface area contributed by atoms with Gasteiger partial charge in [0.1, 0.15) is 11.6 Å². The van der Waals surface area contributed by atoms with Crippen LogP contribution >= 0.6 is 0 Å². The molecule has 1 aromatic heterocycles. The van der Waals surface area contributed by atoms with Crippen LogP contribution in [0.1, 0.15) is 128 Å². The van der Waals surface area contributed by atoms with E-state index in [0.29, 0.717) is 13.0 Å². The third-order valence-corrected chi connectivity index (χ3v) is 8.77. The molecule has 1 aliphatic heterocycles. The van der Waals surface area contributed by atoms with Crippen molar-refractivity contribution >= 4 is 22.6 Å². The number of imidazole rings is 1. The highest BCUT2D eigenvalue weighted by Gasteiger charge is 2.35. The number of hydrogen-bond acceptors (Lipinski definition) is 3. The molecule has 4 rings (SSSR count). The molecule has 224 valence electrons. The van der Waals surface area contributed by atoms with E-state index in [1.54, 1.807) is 7.11 Å². The van der Waals surface area contributed by atoms with Crippen molar-refractivity contribution in [2.24, 2.45) is 0 Å². The van der Waals surface area contributed by atoms with Gasteiger partial charge >= 0.3 is 0 Å². The lowest BCUT2D eigenvalue weighted by atomic mass is 10.0. The summed E-state index contributed by atoms with van der Waals surface area (Å²) >= 11 is 0. The van der Waals surface area contributed by atoms with Gasteiger partial charge in [-0.1, -0.05) is 121 Å². The fraction of sp³-hybridized carbons (Fsp3) is 0.611. The Hall–Kier alpha value is -2.82. The predicted octanol–water partition coefficient (Wildman–Crippen LogP) is 9.83. The van der Waals surface area contributed by atoms with Crippen LogP contribution in [0.25, 0.3) is 11.0 Å². The van der Waals surface area contributed by atoms with E-state index in [2.05, 4.69) is 35.8 Å². The molecule has 3 aromatic rings. The molecule has 41 heavy (non-hydrogen) atoms. The minimum absolute atomic E-state index is 0.0992. The summed E-state index contributed by atoms with van der Waals surface area (Å²) in [7, 11) is 1.66. The third-order valence-electron chi connectivity index (χ3n) is 8.77. The van der Waals surface area contributed by atoms with Crippen LogP contribution in [0.15, 0.2) is 48.5 Å². The number of methoxy groups -OCH3 is 1. The topological polar surface area (TPSA) is 47.4 Å². The number of nitrogens with zero attached hydrogens (tertiary/aromatic N) is 3. The van der Waals surface area contributed by atoms with Gasteiger partial charge in [0.15, 0.2) is 0 Å². The first-order valence-corrected chi connectivity index (χ1v) is 16.6. The number of carbonyl (C=O) groups is 1. The normalized spacial score (nSPS) is 15.3. The molecular formula is C36H53N3O2. The lowest BCUT2D eigenvalue weighted by molar-refractivity contribution is -0.117. The Morgan fingerprint density at radius 1 is 0.780 bits per heavy atom. The molecule has 1 fully saturated rings. The Labute approximate surface area is 248 Å². The van der Waals surface area contributed by atoms with E-state index in [9.17, 15) is 4.79 Å². The number of benzene rings is 2. The Bertz CT molecular complexity index is 1190. The summed E-state index contributed by atoms with van der Waals surface area (Å²) in [4.78, 5) is 20.0. The second-order valence-electron chi connectivity index (χ2n) is 12.0. The van der Waals surface area contributed by atoms with Gasteiger partial charge in [0.05, 0.1) is 18.1 Å². The molecule has 5 heteroatoms. The van der Waals surface area contributed by atoms with Crippen molar-refractivity contribution in [2.45, 2.75) is 129 Å². The van der Waals surface area contributed by atoms with Gasteiger partial charge in [-0.2, -0.15) is 0 Å². The van der Waals surface area contributed by atoms with Crippen LogP contribution in [-0.4, -0.2) is 29.1 Å². The van der Waals surface area contributed by atoms with E-state index in [-0.39, 0.29) is 11.8 Å². The number of para-hydroxylation sites is 2. The van der Waals surface area contributed by atoms with Crippen LogP contribution < -0.4 is 9.64 Å². The Balaban J connectivity index is 1.18. The molecule has 0 radical (unpaired) electrons. The lowest BCUT2D eigenvalue weighted by Crippen LogP contribution is -2.24. The number of aryl methyl sites for hydroxylation is 1. The molecule has 0 bridgehead atoms. The minimum atomic E-state index is 0.0992. The van der Waals surface area contributed by atoms with Crippen LogP contribution in [0.5, 0.6) is 5.75 Å². The molecule has 0 N–H and O–H groups in total. The number of rotatable bonds is 20. The van der Waals surface area contributed by atoms with E-state index in [1.165, 1.54) is 102 Å². The van der Waals surface area contributed by atoms with Crippen LogP contribution in [0.3, 0.4) is 0 Å². The number of carbonyl (C=O) groups excluding carboxylic acids is 1. The van der Waals surface area contributed by atoms with E-state index >= 15 is 0 Å². The summed E-state index contributed by atoms with van der Waals surface area (Å²) in [6.07, 6.45) is 22.5. The van der Waals surface area contributed by atoms with Crippen molar-refractivity contribution in [1.82, 2.24) is 9.55 Å². The maximum absolute atomic E-state index is 13.0. The van der Waals surface area contributed by atoms with Gasteiger partial charge in [0, 0.05) is 37.2 Å². The van der Waals surface area contributed by atoms with Crippen LogP contribution in [0, 0.1) is 0 Å². The van der Waals surface area contributed by atoms with E-state index in [0.717, 1.165) is 35.7 Å². The number of aromatic nitrogens is 2. The zero-order valence-corrected chi connectivity index (χ0v) is 25.8. The van der Waals surface area contributed by atoms with Crippen molar-refractivity contribution in [3.05, 3.63) is 54.4 Å². The van der Waals surface area contributed by atoms with E-state index < -0.39 is 0 Å². The first kappa shape index (κ1) is 31.1. The largest absolute Gasteiger partial charge is 0.497 e. The SMILES string of the molecule is CCCCCCCCCCCCCCCCCCn1c(C2CC(=O)N(c3cccc(OC)c3)C2)nc2ccccc21. The van der Waals surface area contributed by atoms with Gasteiger partial charge in [-0.05, 0) is 30.7 Å². The molecule has 1 aliphatic rings. The van der Waals surface area contributed by atoms with Crippen LogP contribution in [-0.2, 0) is 11.3 Å². The second-order valence-corrected chi connectivity index (χ2v) is 12.0. The quantitative estimate of drug-likeness (QED) is 0.129. The summed E-state index contributed by atoms with van der Waals surface area (Å²) in [5.74, 6) is 2.09. The van der Waals surface area contributed by atoms with Gasteiger partial charge in [-0.25, -0.2) is 4.98 Å². The Morgan fingerprint density at radius 3 is 2.02 bits per heavy atom. The standard InChI is InChI=1S/C36H53N3O2/c1-3-4-5-6-7-8-9-10-11-12-13-14-15-16-17-20-26-38-34-25-19-18-24-33(34)37-36(38)30-27-35(40)39(29-30)31-22-21-23-32(28-31)41-2/h18-19,21-25,28,30H,3-17,20,26-27,29H2,1-2H3. The fourth-order valence-electron chi connectivity index (χ4n) is 6.37. The van der Waals surface area contributed by atoms with Crippen LogP contribution in [0.2, 0.25) is 0 Å². The van der Waals surface area contributed by atoms with Gasteiger partial charge in [-0.15, -0.1) is 0 Å². The van der Waals surface area contributed by atoms with Crippen molar-refractivity contribution < 1.29 is 9.53 Å². The highest BCUT2D eigenvalue weighted by molar-refractivity contribution is 5.96. The highest BCUT2D eigenvalue weighted by atomic mass is 16.5. The lowest BCUT2D eigenvalue weighted by Gasteiger charge is -2.18. The molecule has 2 heterocycles. The Kier molecular flexibility index (Phi) is 13.1. The summed E-state index contributed by atoms with van der Waals surface area (Å²) in [5.41, 5.74) is 3.12. The first-order valence-electron chi connectivity index (χ1n) is 16.6. The molecule has 1 atom stereocenters. The Morgan fingerprint density at radius 2 is 1.39 bits per heavy atom. The maximum atomic E-state index is 13.0. The molecule has 1 amide bonds. The summed E-state index contributed by atoms with van der Waals surface area (Å²) in [6.45, 7) is 3.92. The zero-order valence-electron chi connectivity index (χ0n) is 25.8. The number of amides is 1. The number of anilines is 1. The first-order chi connectivity index (χ1) is 20.2.